The van der Waals surface area contributed by atoms with Gasteiger partial charge in [0.05, 0.1) is 0 Å². The number of aliphatic hydroxyl groups is 1. The molecule has 0 aromatic rings. The number of amides is 1. The van der Waals surface area contributed by atoms with Crippen molar-refractivity contribution in [2.24, 2.45) is 11.3 Å². The number of rotatable bonds is 2. The van der Waals surface area contributed by atoms with Crippen molar-refractivity contribution >= 4 is 5.91 Å². The van der Waals surface area contributed by atoms with Crippen molar-refractivity contribution in [1.29, 1.82) is 0 Å². The van der Waals surface area contributed by atoms with E-state index in [0.29, 0.717) is 11.8 Å². The number of aliphatic hydroxyl groups excluding tert-OH is 1. The molecular weight excluding hydrogens is 178 g/mol. The van der Waals surface area contributed by atoms with E-state index in [-0.39, 0.29) is 12.0 Å². The highest BCUT2D eigenvalue weighted by molar-refractivity contribution is 5.84. The van der Waals surface area contributed by atoms with Gasteiger partial charge in [-0.25, -0.2) is 0 Å². The van der Waals surface area contributed by atoms with E-state index in [1.54, 1.807) is 0 Å². The fraction of sp³-hybridized carbons (Fsp3) is 0.909. The highest BCUT2D eigenvalue weighted by Gasteiger charge is 2.47. The van der Waals surface area contributed by atoms with Crippen LogP contribution in [0.1, 0.15) is 32.6 Å². The van der Waals surface area contributed by atoms with Gasteiger partial charge in [-0.15, -0.1) is 0 Å². The maximum absolute atomic E-state index is 11.9. The first-order valence-corrected chi connectivity index (χ1v) is 5.56. The third kappa shape index (κ3) is 1.78. The van der Waals surface area contributed by atoms with Gasteiger partial charge in [-0.05, 0) is 31.6 Å². The number of nitrogens with zero attached hydrogens (tertiary/aromatic N) is 1. The van der Waals surface area contributed by atoms with Crippen LogP contribution in [0.15, 0.2) is 0 Å². The molecule has 1 amide bonds. The average Bonchev–Trinajstić information content (AvgIpc) is 2.97. The predicted molar refractivity (Wildman–Crippen MR) is 53.7 cm³/mol. The molecular formula is C11H19NO2. The lowest BCUT2D eigenvalue weighted by Gasteiger charge is -2.33. The molecule has 0 atom stereocenters. The predicted octanol–water partition coefficient (Wildman–Crippen LogP) is 1.02. The molecule has 2 aliphatic rings. The number of likely N-dealkylation sites (tertiary alicyclic amines) is 1. The molecule has 3 nitrogen and oxygen atoms in total. The smallest absolute Gasteiger partial charge is 0.228 e. The Bertz CT molecular complexity index is 227. The minimum Gasteiger partial charge on any atom is -0.396 e. The largest absolute Gasteiger partial charge is 0.396 e. The Balaban J connectivity index is 1.86. The Morgan fingerprint density at radius 1 is 1.43 bits per heavy atom. The summed E-state index contributed by atoms with van der Waals surface area (Å²) in [4.78, 5) is 13.9. The highest BCUT2D eigenvalue weighted by Crippen LogP contribution is 2.46. The summed E-state index contributed by atoms with van der Waals surface area (Å²) >= 11 is 0. The molecule has 80 valence electrons. The lowest BCUT2D eigenvalue weighted by Crippen LogP contribution is -2.42. The molecule has 0 unspecified atom stereocenters. The summed E-state index contributed by atoms with van der Waals surface area (Å²) in [6, 6.07) is 0. The number of carbonyl (C=O) groups excluding carboxylic acids is 1. The van der Waals surface area contributed by atoms with Crippen LogP contribution in [0.3, 0.4) is 0 Å². The van der Waals surface area contributed by atoms with Gasteiger partial charge >= 0.3 is 0 Å². The van der Waals surface area contributed by atoms with E-state index in [2.05, 4.69) is 6.92 Å². The topological polar surface area (TPSA) is 40.5 Å². The molecule has 0 radical (unpaired) electrons. The molecule has 3 heteroatoms. The maximum Gasteiger partial charge on any atom is 0.228 e. The SMILES string of the molecule is CC1(C(=O)N2CCC(CO)CC2)CC1. The van der Waals surface area contributed by atoms with E-state index >= 15 is 0 Å². The van der Waals surface area contributed by atoms with Crippen LogP contribution in [0.5, 0.6) is 0 Å². The Labute approximate surface area is 85.1 Å². The van der Waals surface area contributed by atoms with Crippen molar-refractivity contribution in [2.75, 3.05) is 19.7 Å². The normalized spacial score (nSPS) is 26.3. The molecule has 1 heterocycles. The lowest BCUT2D eigenvalue weighted by molar-refractivity contribution is -0.138. The van der Waals surface area contributed by atoms with Gasteiger partial charge in [-0.1, -0.05) is 6.92 Å². The zero-order valence-electron chi connectivity index (χ0n) is 8.83. The van der Waals surface area contributed by atoms with Crippen LogP contribution in [-0.2, 0) is 4.79 Å². The summed E-state index contributed by atoms with van der Waals surface area (Å²) in [5.74, 6) is 0.764. The minimum absolute atomic E-state index is 0.0218. The van der Waals surface area contributed by atoms with Gasteiger partial charge in [0.25, 0.3) is 0 Å². The van der Waals surface area contributed by atoms with Crippen LogP contribution in [0, 0.1) is 11.3 Å². The van der Waals surface area contributed by atoms with Gasteiger partial charge in [0, 0.05) is 25.1 Å². The van der Waals surface area contributed by atoms with E-state index in [1.165, 1.54) is 0 Å². The van der Waals surface area contributed by atoms with Crippen molar-refractivity contribution in [3.8, 4) is 0 Å². The third-order valence-corrected chi connectivity index (χ3v) is 3.68. The van der Waals surface area contributed by atoms with Crippen molar-refractivity contribution < 1.29 is 9.90 Å². The molecule has 1 saturated heterocycles. The standard InChI is InChI=1S/C11H19NO2/c1-11(4-5-11)10(14)12-6-2-9(8-13)3-7-12/h9,13H,2-8H2,1H3. The zero-order chi connectivity index (χ0) is 10.2. The van der Waals surface area contributed by atoms with Crippen molar-refractivity contribution in [3.05, 3.63) is 0 Å². The molecule has 1 aliphatic heterocycles. The van der Waals surface area contributed by atoms with Gasteiger partial charge < -0.3 is 10.0 Å². The van der Waals surface area contributed by atoms with Gasteiger partial charge in [-0.3, -0.25) is 4.79 Å². The fourth-order valence-electron chi connectivity index (χ4n) is 2.10. The Morgan fingerprint density at radius 2 is 2.00 bits per heavy atom. The maximum atomic E-state index is 11.9. The Hall–Kier alpha value is -0.570. The van der Waals surface area contributed by atoms with E-state index in [4.69, 9.17) is 5.11 Å². The van der Waals surface area contributed by atoms with E-state index < -0.39 is 0 Å². The summed E-state index contributed by atoms with van der Waals surface area (Å²) in [5.41, 5.74) is -0.0218. The molecule has 2 rings (SSSR count). The molecule has 1 aliphatic carbocycles. The second-order valence-electron chi connectivity index (χ2n) is 4.98. The second-order valence-corrected chi connectivity index (χ2v) is 4.98. The molecule has 0 aromatic carbocycles. The fourth-order valence-corrected chi connectivity index (χ4v) is 2.10. The first kappa shape index (κ1) is 9.97. The highest BCUT2D eigenvalue weighted by atomic mass is 16.3. The van der Waals surface area contributed by atoms with Gasteiger partial charge in [0.2, 0.25) is 5.91 Å². The number of hydrogen-bond donors (Lipinski definition) is 1. The Kier molecular flexibility index (Phi) is 2.52. The van der Waals surface area contributed by atoms with Crippen LogP contribution in [0.25, 0.3) is 0 Å². The van der Waals surface area contributed by atoms with Gasteiger partial charge in [-0.2, -0.15) is 0 Å². The van der Waals surface area contributed by atoms with Crippen LogP contribution in [-0.4, -0.2) is 35.6 Å². The molecule has 1 saturated carbocycles. The van der Waals surface area contributed by atoms with E-state index in [1.807, 2.05) is 4.90 Å². The van der Waals surface area contributed by atoms with E-state index in [9.17, 15) is 4.79 Å². The van der Waals surface area contributed by atoms with Crippen LogP contribution in [0.2, 0.25) is 0 Å². The monoisotopic (exact) mass is 197 g/mol. The zero-order valence-corrected chi connectivity index (χ0v) is 8.83. The van der Waals surface area contributed by atoms with E-state index in [0.717, 1.165) is 38.8 Å². The minimum atomic E-state index is -0.0218. The summed E-state index contributed by atoms with van der Waals surface area (Å²) in [6.45, 7) is 4.03. The molecule has 0 spiro atoms. The molecule has 1 N–H and O–H groups in total. The average molecular weight is 197 g/mol. The summed E-state index contributed by atoms with van der Waals surface area (Å²) in [7, 11) is 0. The quantitative estimate of drug-likeness (QED) is 0.718. The number of hydrogen-bond acceptors (Lipinski definition) is 2. The molecule has 14 heavy (non-hydrogen) atoms. The first-order valence-electron chi connectivity index (χ1n) is 5.56. The second kappa shape index (κ2) is 3.54. The first-order chi connectivity index (χ1) is 6.65. The number of carbonyl (C=O) groups is 1. The van der Waals surface area contributed by atoms with Crippen LogP contribution >= 0.6 is 0 Å². The Morgan fingerprint density at radius 3 is 2.43 bits per heavy atom. The van der Waals surface area contributed by atoms with Gasteiger partial charge in [0.1, 0.15) is 0 Å². The summed E-state index contributed by atoms with van der Waals surface area (Å²) < 4.78 is 0. The summed E-state index contributed by atoms with van der Waals surface area (Å²) in [5, 5.41) is 8.98. The molecule has 2 fully saturated rings. The lowest BCUT2D eigenvalue weighted by atomic mass is 9.96. The van der Waals surface area contributed by atoms with Crippen LogP contribution in [0.4, 0.5) is 0 Å². The summed E-state index contributed by atoms with van der Waals surface area (Å²) in [6.07, 6.45) is 4.06. The molecule has 0 aromatic heterocycles. The molecule has 0 bridgehead atoms. The van der Waals surface area contributed by atoms with Crippen molar-refractivity contribution in [2.45, 2.75) is 32.6 Å². The third-order valence-electron chi connectivity index (χ3n) is 3.68. The van der Waals surface area contributed by atoms with Crippen molar-refractivity contribution in [3.63, 3.8) is 0 Å². The van der Waals surface area contributed by atoms with Crippen LogP contribution < -0.4 is 0 Å². The van der Waals surface area contributed by atoms with Gasteiger partial charge in [0.15, 0.2) is 0 Å². The number of piperidine rings is 1. The van der Waals surface area contributed by atoms with Crippen molar-refractivity contribution in [1.82, 2.24) is 4.90 Å².